The molecule has 0 saturated heterocycles. The zero-order valence-corrected chi connectivity index (χ0v) is 11.1. The molecule has 0 aliphatic rings. The van der Waals surface area contributed by atoms with Gasteiger partial charge in [0.05, 0.1) is 5.92 Å². The number of aliphatic hydroxyl groups excluding tert-OH is 1. The van der Waals surface area contributed by atoms with E-state index in [9.17, 15) is 9.90 Å². The van der Waals surface area contributed by atoms with Crippen molar-refractivity contribution in [1.82, 2.24) is 0 Å². The van der Waals surface area contributed by atoms with Crippen molar-refractivity contribution in [2.75, 3.05) is 6.61 Å². The predicted octanol–water partition coefficient (Wildman–Crippen LogP) is 3.45. The number of hydrogen-bond acceptors (Lipinski definition) is 2. The van der Waals surface area contributed by atoms with Crippen LogP contribution in [-0.4, -0.2) is 22.8 Å². The molecule has 0 aliphatic carbocycles. The Morgan fingerprint density at radius 1 is 1.22 bits per heavy atom. The summed E-state index contributed by atoms with van der Waals surface area (Å²) >= 11 is 5.88. The summed E-state index contributed by atoms with van der Waals surface area (Å²) in [5, 5.41) is 18.5. The Labute approximate surface area is 112 Å². The van der Waals surface area contributed by atoms with Crippen LogP contribution in [0.25, 0.3) is 0 Å². The Hall–Kier alpha value is -1.06. The van der Waals surface area contributed by atoms with E-state index in [1.807, 2.05) is 0 Å². The smallest absolute Gasteiger partial charge is 0.310 e. The Morgan fingerprint density at radius 3 is 2.56 bits per heavy atom. The molecule has 4 heteroatoms. The van der Waals surface area contributed by atoms with Gasteiger partial charge in [-0.3, -0.25) is 4.79 Å². The van der Waals surface area contributed by atoms with Crippen LogP contribution in [0.5, 0.6) is 0 Å². The molecular weight excluding hydrogens is 252 g/mol. The maximum atomic E-state index is 11.2. The Bertz CT molecular complexity index is 379. The maximum absolute atomic E-state index is 11.2. The van der Waals surface area contributed by atoms with Crippen molar-refractivity contribution in [3.63, 3.8) is 0 Å². The van der Waals surface area contributed by atoms with Gasteiger partial charge in [-0.25, -0.2) is 0 Å². The van der Waals surface area contributed by atoms with Crippen molar-refractivity contribution in [3.8, 4) is 0 Å². The fourth-order valence-corrected chi connectivity index (χ4v) is 2.17. The summed E-state index contributed by atoms with van der Waals surface area (Å²) in [4.78, 5) is 11.2. The van der Waals surface area contributed by atoms with Crippen LogP contribution in [0.2, 0.25) is 5.02 Å². The lowest BCUT2D eigenvalue weighted by Gasteiger charge is -2.12. The molecule has 0 fully saturated rings. The fourth-order valence-electron chi connectivity index (χ4n) is 1.97. The van der Waals surface area contributed by atoms with Gasteiger partial charge in [0.25, 0.3) is 0 Å². The Kier molecular flexibility index (Phi) is 6.76. The van der Waals surface area contributed by atoms with E-state index in [0.29, 0.717) is 11.4 Å². The van der Waals surface area contributed by atoms with Gasteiger partial charge in [0.15, 0.2) is 0 Å². The summed E-state index contributed by atoms with van der Waals surface area (Å²) in [5.41, 5.74) is 0.761. The van der Waals surface area contributed by atoms with Crippen LogP contribution in [0.4, 0.5) is 0 Å². The molecule has 1 unspecified atom stereocenters. The number of carboxylic acids is 1. The lowest BCUT2D eigenvalue weighted by Crippen LogP contribution is -2.11. The van der Waals surface area contributed by atoms with Crippen LogP contribution in [0, 0.1) is 0 Å². The highest BCUT2D eigenvalue weighted by atomic mass is 35.5. The molecule has 0 aromatic heterocycles. The second-order valence-electron chi connectivity index (χ2n) is 4.37. The average molecular weight is 271 g/mol. The number of aliphatic hydroxyl groups is 1. The predicted molar refractivity (Wildman–Crippen MR) is 72.0 cm³/mol. The number of halogens is 1. The van der Waals surface area contributed by atoms with E-state index in [1.165, 1.54) is 0 Å². The SMILES string of the molecule is O=C(O)C(CCCCCCO)c1cccc(Cl)c1. The summed E-state index contributed by atoms with van der Waals surface area (Å²) in [6, 6.07) is 7.04. The van der Waals surface area contributed by atoms with E-state index >= 15 is 0 Å². The molecule has 1 rings (SSSR count). The molecule has 0 amide bonds. The molecule has 0 spiro atoms. The van der Waals surface area contributed by atoms with Crippen molar-refractivity contribution in [3.05, 3.63) is 34.9 Å². The van der Waals surface area contributed by atoms with Gasteiger partial charge in [0.1, 0.15) is 0 Å². The largest absolute Gasteiger partial charge is 0.481 e. The van der Waals surface area contributed by atoms with Gasteiger partial charge < -0.3 is 10.2 Å². The molecule has 0 saturated carbocycles. The second-order valence-corrected chi connectivity index (χ2v) is 4.81. The minimum Gasteiger partial charge on any atom is -0.481 e. The maximum Gasteiger partial charge on any atom is 0.310 e. The third-order valence-electron chi connectivity index (χ3n) is 2.95. The van der Waals surface area contributed by atoms with E-state index < -0.39 is 11.9 Å². The number of rotatable bonds is 8. The van der Waals surface area contributed by atoms with Gasteiger partial charge in [-0.05, 0) is 30.5 Å². The zero-order valence-electron chi connectivity index (χ0n) is 10.3. The van der Waals surface area contributed by atoms with E-state index in [4.69, 9.17) is 16.7 Å². The molecule has 0 radical (unpaired) electrons. The summed E-state index contributed by atoms with van der Waals surface area (Å²) in [7, 11) is 0. The lowest BCUT2D eigenvalue weighted by atomic mass is 9.93. The molecule has 100 valence electrons. The van der Waals surface area contributed by atoms with Gasteiger partial charge in [-0.2, -0.15) is 0 Å². The van der Waals surface area contributed by atoms with E-state index in [-0.39, 0.29) is 6.61 Å². The molecule has 3 nitrogen and oxygen atoms in total. The molecule has 1 atom stereocenters. The molecule has 1 aromatic rings. The quantitative estimate of drug-likeness (QED) is 0.712. The highest BCUT2D eigenvalue weighted by Gasteiger charge is 2.19. The van der Waals surface area contributed by atoms with Crippen LogP contribution in [0.1, 0.15) is 43.6 Å². The molecule has 1 aromatic carbocycles. The van der Waals surface area contributed by atoms with Gasteiger partial charge in [0, 0.05) is 11.6 Å². The minimum absolute atomic E-state index is 0.205. The standard InChI is InChI=1S/C14H19ClO3/c15-12-7-5-6-11(10-12)13(14(17)18)8-3-1-2-4-9-16/h5-7,10,13,16H,1-4,8-9H2,(H,17,18). The highest BCUT2D eigenvalue weighted by molar-refractivity contribution is 6.30. The van der Waals surface area contributed by atoms with Crippen LogP contribution >= 0.6 is 11.6 Å². The summed E-state index contributed by atoms with van der Waals surface area (Å²) in [6.45, 7) is 0.205. The number of unbranched alkanes of at least 4 members (excludes halogenated alkanes) is 3. The van der Waals surface area contributed by atoms with Gasteiger partial charge in [-0.1, -0.05) is 43.0 Å². The Morgan fingerprint density at radius 2 is 1.94 bits per heavy atom. The number of hydrogen-bond donors (Lipinski definition) is 2. The summed E-state index contributed by atoms with van der Waals surface area (Å²) < 4.78 is 0. The van der Waals surface area contributed by atoms with Gasteiger partial charge in [-0.15, -0.1) is 0 Å². The minimum atomic E-state index is -0.806. The van der Waals surface area contributed by atoms with Crippen LogP contribution < -0.4 is 0 Å². The van der Waals surface area contributed by atoms with Crippen molar-refractivity contribution >= 4 is 17.6 Å². The molecule has 0 heterocycles. The van der Waals surface area contributed by atoms with Crippen LogP contribution in [-0.2, 0) is 4.79 Å². The lowest BCUT2D eigenvalue weighted by molar-refractivity contribution is -0.139. The van der Waals surface area contributed by atoms with Crippen LogP contribution in [0.15, 0.2) is 24.3 Å². The summed E-state index contributed by atoms with van der Waals surface area (Å²) in [5.74, 6) is -1.29. The third-order valence-corrected chi connectivity index (χ3v) is 3.19. The van der Waals surface area contributed by atoms with Crippen molar-refractivity contribution in [2.45, 2.75) is 38.0 Å². The highest BCUT2D eigenvalue weighted by Crippen LogP contribution is 2.25. The second kappa shape index (κ2) is 8.11. The van der Waals surface area contributed by atoms with Crippen molar-refractivity contribution < 1.29 is 15.0 Å². The summed E-state index contributed by atoms with van der Waals surface area (Å²) in [6.07, 6.45) is 4.14. The first-order valence-corrected chi connectivity index (χ1v) is 6.62. The topological polar surface area (TPSA) is 57.5 Å². The zero-order chi connectivity index (χ0) is 13.4. The number of benzene rings is 1. The first kappa shape index (κ1) is 15.0. The number of carbonyl (C=O) groups is 1. The van der Waals surface area contributed by atoms with E-state index in [2.05, 4.69) is 0 Å². The third kappa shape index (κ3) is 5.07. The van der Waals surface area contributed by atoms with Crippen molar-refractivity contribution in [1.29, 1.82) is 0 Å². The monoisotopic (exact) mass is 270 g/mol. The molecule has 18 heavy (non-hydrogen) atoms. The number of carboxylic acid groups (broad SMARTS) is 1. The first-order valence-electron chi connectivity index (χ1n) is 6.24. The number of aliphatic carboxylic acids is 1. The molecule has 0 aliphatic heterocycles. The normalized spacial score (nSPS) is 12.3. The Balaban J connectivity index is 2.53. The van der Waals surface area contributed by atoms with Crippen LogP contribution in [0.3, 0.4) is 0 Å². The van der Waals surface area contributed by atoms with Gasteiger partial charge >= 0.3 is 5.97 Å². The molecule has 0 bridgehead atoms. The van der Waals surface area contributed by atoms with Crippen molar-refractivity contribution in [2.24, 2.45) is 0 Å². The van der Waals surface area contributed by atoms with Gasteiger partial charge in [0.2, 0.25) is 0 Å². The molecular formula is C14H19ClO3. The fraction of sp³-hybridized carbons (Fsp3) is 0.500. The molecule has 2 N–H and O–H groups in total. The van der Waals surface area contributed by atoms with E-state index in [1.54, 1.807) is 24.3 Å². The first-order chi connectivity index (χ1) is 8.65. The van der Waals surface area contributed by atoms with E-state index in [0.717, 1.165) is 31.2 Å². The average Bonchev–Trinajstić information content (AvgIpc) is 2.33.